The number of carbonyl (C=O) groups is 1. The third-order valence-corrected chi connectivity index (χ3v) is 4.04. The highest BCUT2D eigenvalue weighted by Crippen LogP contribution is 2.29. The van der Waals surface area contributed by atoms with Gasteiger partial charge in [-0.05, 0) is 48.8 Å². The highest BCUT2D eigenvalue weighted by atomic mass is 79.9. The molecule has 26 heavy (non-hydrogen) atoms. The van der Waals surface area contributed by atoms with E-state index in [0.29, 0.717) is 23.9 Å². The number of hydrogen-bond acceptors (Lipinski definition) is 6. The van der Waals surface area contributed by atoms with Gasteiger partial charge in [-0.2, -0.15) is 0 Å². The van der Waals surface area contributed by atoms with Gasteiger partial charge in [0, 0.05) is 21.2 Å². The zero-order chi connectivity index (χ0) is 19.9. The molecule has 2 aromatic heterocycles. The average molecular weight is 451 g/mol. The zero-order valence-electron chi connectivity index (χ0n) is 15.9. The predicted octanol–water partition coefficient (Wildman–Crippen LogP) is 3.89. The van der Waals surface area contributed by atoms with Gasteiger partial charge < -0.3 is 19.1 Å². The van der Waals surface area contributed by atoms with Crippen LogP contribution in [0.25, 0.3) is 5.65 Å². The normalized spacial score (nSPS) is 11.1. The second-order valence-electron chi connectivity index (χ2n) is 6.53. The van der Waals surface area contributed by atoms with Crippen LogP contribution >= 0.6 is 27.5 Å². The molecule has 7 nitrogen and oxygen atoms in total. The fourth-order valence-corrected chi connectivity index (χ4v) is 2.76. The summed E-state index contributed by atoms with van der Waals surface area (Å²) in [7, 11) is 5.51. The quantitative estimate of drug-likeness (QED) is 0.288. The number of ether oxygens (including phenoxy) is 3. The van der Waals surface area contributed by atoms with Gasteiger partial charge in [-0.3, -0.25) is 9.20 Å². The van der Waals surface area contributed by atoms with Crippen LogP contribution in [0.3, 0.4) is 0 Å². The highest BCUT2D eigenvalue weighted by Gasteiger charge is 2.16. The minimum Gasteiger partial charge on any atom is -0.462 e. The van der Waals surface area contributed by atoms with Gasteiger partial charge >= 0.3 is 0 Å². The van der Waals surface area contributed by atoms with Crippen LogP contribution in [0.15, 0.2) is 16.7 Å². The highest BCUT2D eigenvalue weighted by molar-refractivity contribution is 9.10. The van der Waals surface area contributed by atoms with Gasteiger partial charge in [0.15, 0.2) is 5.65 Å². The number of halogens is 2. The van der Waals surface area contributed by atoms with Crippen molar-refractivity contribution in [2.75, 3.05) is 32.9 Å². The average Bonchev–Trinajstić information content (AvgIpc) is 2.85. The first-order valence-electron chi connectivity index (χ1n) is 7.83. The van der Waals surface area contributed by atoms with Gasteiger partial charge in [-0.1, -0.05) is 11.6 Å². The third-order valence-electron chi connectivity index (χ3n) is 3.03. The first kappa shape index (κ1) is 22.7. The Kier molecular flexibility index (Phi) is 8.82. The fourth-order valence-electron chi connectivity index (χ4n) is 1.92. The minimum absolute atomic E-state index is 0.214. The molecule has 0 aliphatic carbocycles. The van der Waals surface area contributed by atoms with Crippen LogP contribution in [0.1, 0.15) is 26.5 Å². The molecule has 0 spiro atoms. The van der Waals surface area contributed by atoms with Crippen LogP contribution in [-0.4, -0.2) is 49.5 Å². The van der Waals surface area contributed by atoms with Crippen molar-refractivity contribution in [1.29, 1.82) is 0 Å². The molecular formula is C17H25BrClN3O4. The molecule has 2 heterocycles. The van der Waals surface area contributed by atoms with E-state index in [4.69, 9.17) is 21.1 Å². The summed E-state index contributed by atoms with van der Waals surface area (Å²) in [4.78, 5) is 16.1. The first-order valence-corrected chi connectivity index (χ1v) is 9.00. The van der Waals surface area contributed by atoms with Crippen molar-refractivity contribution in [1.82, 2.24) is 9.38 Å². The molecule has 0 atom stereocenters. The summed E-state index contributed by atoms with van der Waals surface area (Å²) in [5, 5.41) is 0.543. The predicted molar refractivity (Wildman–Crippen MR) is 106 cm³/mol. The Balaban J connectivity index is 0.000000412. The van der Waals surface area contributed by atoms with Crippen molar-refractivity contribution in [3.63, 3.8) is 0 Å². The Morgan fingerprint density at radius 1 is 1.35 bits per heavy atom. The standard InChI is InChI=1S/C12H15BrClN3O2.C5H10O2/c1-16(2)9-4-5-10(13)17-11(14)8(15-12(9)17)6-19-7-18-3;1-5(2,3)7-4-6/h4-5H,6-7H2,1-3H3;4H,1-3H3. The maximum atomic E-state index is 9.60. The minimum atomic E-state index is -0.318. The number of methoxy groups -OCH3 is 1. The molecule has 0 saturated carbocycles. The van der Waals surface area contributed by atoms with Crippen molar-refractivity contribution >= 4 is 45.3 Å². The number of anilines is 1. The second-order valence-corrected chi connectivity index (χ2v) is 7.70. The van der Waals surface area contributed by atoms with Crippen molar-refractivity contribution in [3.05, 3.63) is 27.6 Å². The van der Waals surface area contributed by atoms with E-state index >= 15 is 0 Å². The van der Waals surface area contributed by atoms with Crippen LogP contribution < -0.4 is 4.90 Å². The lowest BCUT2D eigenvalue weighted by molar-refractivity contribution is -0.138. The third kappa shape index (κ3) is 6.42. The molecule has 0 bridgehead atoms. The van der Waals surface area contributed by atoms with E-state index in [1.165, 1.54) is 0 Å². The lowest BCUT2D eigenvalue weighted by Gasteiger charge is -2.14. The molecule has 2 rings (SSSR count). The van der Waals surface area contributed by atoms with Crippen LogP contribution in [-0.2, 0) is 25.6 Å². The SMILES string of the molecule is CC(C)(C)OC=O.COCOCc1nc2c(N(C)C)ccc(Br)n2c1Cl. The molecule has 0 radical (unpaired) electrons. The van der Waals surface area contributed by atoms with Crippen LogP contribution in [0.4, 0.5) is 5.69 Å². The van der Waals surface area contributed by atoms with Crippen molar-refractivity contribution in [2.45, 2.75) is 33.0 Å². The van der Waals surface area contributed by atoms with Gasteiger partial charge in [0.25, 0.3) is 6.47 Å². The molecule has 146 valence electrons. The number of fused-ring (bicyclic) bond motifs is 1. The summed E-state index contributed by atoms with van der Waals surface area (Å²) < 4.78 is 17.4. The Bertz CT molecular complexity index is 729. The summed E-state index contributed by atoms with van der Waals surface area (Å²) in [6, 6.07) is 3.93. The van der Waals surface area contributed by atoms with E-state index in [2.05, 4.69) is 25.7 Å². The van der Waals surface area contributed by atoms with Gasteiger partial charge in [-0.25, -0.2) is 4.98 Å². The van der Waals surface area contributed by atoms with E-state index in [9.17, 15) is 4.79 Å². The van der Waals surface area contributed by atoms with E-state index in [-0.39, 0.29) is 12.4 Å². The number of rotatable bonds is 6. The molecule has 0 N–H and O–H groups in total. The number of hydrogen-bond donors (Lipinski definition) is 0. The summed E-state index contributed by atoms with van der Waals surface area (Å²) in [5.74, 6) is 0. The fraction of sp³-hybridized carbons (Fsp3) is 0.529. The van der Waals surface area contributed by atoms with Crippen LogP contribution in [0, 0.1) is 0 Å². The Labute approximate surface area is 167 Å². The van der Waals surface area contributed by atoms with Gasteiger partial charge in [0.1, 0.15) is 23.2 Å². The number of carbonyl (C=O) groups excluding carboxylic acids is 1. The number of pyridine rings is 1. The van der Waals surface area contributed by atoms with Crippen molar-refractivity contribution in [3.8, 4) is 0 Å². The monoisotopic (exact) mass is 449 g/mol. The first-order chi connectivity index (χ1) is 12.1. The summed E-state index contributed by atoms with van der Waals surface area (Å²) in [5.41, 5.74) is 2.15. The van der Waals surface area contributed by atoms with E-state index < -0.39 is 0 Å². The smallest absolute Gasteiger partial charge is 0.293 e. The maximum Gasteiger partial charge on any atom is 0.293 e. The molecule has 0 amide bonds. The molecule has 2 aromatic rings. The Hall–Kier alpha value is -1.35. The number of aromatic nitrogens is 2. The Morgan fingerprint density at radius 2 is 2.00 bits per heavy atom. The van der Waals surface area contributed by atoms with Gasteiger partial charge in [0.05, 0.1) is 16.9 Å². The number of nitrogens with zero attached hydrogens (tertiary/aromatic N) is 3. The zero-order valence-corrected chi connectivity index (χ0v) is 18.2. The summed E-state index contributed by atoms with van der Waals surface area (Å²) >= 11 is 9.83. The summed E-state index contributed by atoms with van der Waals surface area (Å²) in [6.07, 6.45) is 0. The van der Waals surface area contributed by atoms with Crippen LogP contribution in [0.5, 0.6) is 0 Å². The van der Waals surface area contributed by atoms with E-state index in [0.717, 1.165) is 15.9 Å². The lowest BCUT2D eigenvalue weighted by atomic mass is 10.2. The molecular weight excluding hydrogens is 426 g/mol. The topological polar surface area (TPSA) is 65.3 Å². The molecule has 0 unspecified atom stereocenters. The summed E-state index contributed by atoms with van der Waals surface area (Å²) in [6.45, 7) is 6.45. The van der Waals surface area contributed by atoms with Crippen molar-refractivity contribution < 1.29 is 19.0 Å². The second kappa shape index (κ2) is 10.1. The largest absolute Gasteiger partial charge is 0.462 e. The number of imidazole rings is 1. The van der Waals surface area contributed by atoms with Gasteiger partial charge in [-0.15, -0.1) is 0 Å². The molecule has 0 aliphatic rings. The molecule has 9 heteroatoms. The van der Waals surface area contributed by atoms with E-state index in [1.807, 2.05) is 56.3 Å². The van der Waals surface area contributed by atoms with E-state index in [1.54, 1.807) is 7.11 Å². The molecule has 0 saturated heterocycles. The molecule has 0 fully saturated rings. The van der Waals surface area contributed by atoms with Crippen molar-refractivity contribution in [2.24, 2.45) is 0 Å². The molecule has 0 aromatic carbocycles. The maximum absolute atomic E-state index is 9.60. The van der Waals surface area contributed by atoms with Crippen LogP contribution in [0.2, 0.25) is 5.15 Å². The van der Waals surface area contributed by atoms with Gasteiger partial charge in [0.2, 0.25) is 0 Å². The molecule has 0 aliphatic heterocycles. The lowest BCUT2D eigenvalue weighted by Crippen LogP contribution is -2.17. The Morgan fingerprint density at radius 3 is 2.46 bits per heavy atom.